The number of hydrogen-bond acceptors (Lipinski definition) is 10. The molecule has 0 saturated carbocycles. The van der Waals surface area contributed by atoms with Crippen LogP contribution in [0, 0.1) is 0 Å². The Morgan fingerprint density at radius 1 is 0.639 bits per heavy atom. The molecule has 0 amide bonds. The average Bonchev–Trinajstić information content (AvgIpc) is 2.94. The number of hydrogen-bond donors (Lipinski definition) is 1. The summed E-state index contributed by atoms with van der Waals surface area (Å²) in [6.07, 6.45) is 1.71. The van der Waals surface area contributed by atoms with E-state index in [1.54, 1.807) is 28.4 Å². The van der Waals surface area contributed by atoms with Gasteiger partial charge in [-0.1, -0.05) is 0 Å². The van der Waals surface area contributed by atoms with E-state index in [1.165, 1.54) is 22.3 Å². The van der Waals surface area contributed by atoms with Crippen LogP contribution in [0.3, 0.4) is 0 Å². The van der Waals surface area contributed by atoms with Crippen molar-refractivity contribution in [2.75, 3.05) is 51.3 Å². The number of aromatic nitrogens is 3. The SMILES string of the molecule is COc1cc2c(cc1OC)CN(c1nc(CN)nc(N3CCc4cc(OC)c(OC)cc4C3)n1)CC2. The van der Waals surface area contributed by atoms with Crippen molar-refractivity contribution in [3.63, 3.8) is 0 Å². The van der Waals surface area contributed by atoms with E-state index in [4.69, 9.17) is 29.7 Å². The van der Waals surface area contributed by atoms with Gasteiger partial charge in [-0.2, -0.15) is 15.0 Å². The molecule has 3 heterocycles. The van der Waals surface area contributed by atoms with Gasteiger partial charge in [-0.25, -0.2) is 0 Å². The molecule has 36 heavy (non-hydrogen) atoms. The maximum atomic E-state index is 5.99. The van der Waals surface area contributed by atoms with E-state index in [0.29, 0.717) is 30.8 Å². The fourth-order valence-electron chi connectivity index (χ4n) is 4.88. The molecule has 5 rings (SSSR count). The molecule has 1 aromatic heterocycles. The quantitative estimate of drug-likeness (QED) is 0.528. The molecule has 0 aliphatic carbocycles. The summed E-state index contributed by atoms with van der Waals surface area (Å²) in [5, 5.41) is 0. The Kier molecular flexibility index (Phi) is 6.69. The van der Waals surface area contributed by atoms with Crippen LogP contribution in [0.4, 0.5) is 11.9 Å². The first kappa shape index (κ1) is 23.9. The van der Waals surface area contributed by atoms with Crippen LogP contribution in [-0.4, -0.2) is 56.5 Å². The lowest BCUT2D eigenvalue weighted by Gasteiger charge is -2.32. The molecule has 2 aromatic carbocycles. The monoisotopic (exact) mass is 492 g/mol. The number of methoxy groups -OCH3 is 4. The lowest BCUT2D eigenvalue weighted by atomic mass is 9.99. The van der Waals surface area contributed by atoms with Gasteiger partial charge in [0.2, 0.25) is 11.9 Å². The lowest BCUT2D eigenvalue weighted by molar-refractivity contribution is 0.353. The third-order valence-electron chi connectivity index (χ3n) is 6.84. The number of rotatable bonds is 7. The van der Waals surface area contributed by atoms with E-state index in [-0.39, 0.29) is 6.54 Å². The summed E-state index contributed by atoms with van der Waals surface area (Å²) >= 11 is 0. The van der Waals surface area contributed by atoms with Gasteiger partial charge >= 0.3 is 0 Å². The molecule has 190 valence electrons. The summed E-state index contributed by atoms with van der Waals surface area (Å²) in [4.78, 5) is 18.6. The highest BCUT2D eigenvalue weighted by Gasteiger charge is 2.25. The minimum atomic E-state index is 0.243. The molecule has 0 atom stereocenters. The number of fused-ring (bicyclic) bond motifs is 2. The van der Waals surface area contributed by atoms with Crippen LogP contribution in [0.2, 0.25) is 0 Å². The van der Waals surface area contributed by atoms with Gasteiger partial charge in [0.25, 0.3) is 0 Å². The predicted molar refractivity (Wildman–Crippen MR) is 136 cm³/mol. The van der Waals surface area contributed by atoms with Gasteiger partial charge in [0.15, 0.2) is 23.0 Å². The molecular weight excluding hydrogens is 460 g/mol. The molecule has 0 unspecified atom stereocenters. The predicted octanol–water partition coefficient (Wildman–Crippen LogP) is 2.49. The zero-order valence-corrected chi connectivity index (χ0v) is 21.2. The number of nitrogens with zero attached hydrogens (tertiary/aromatic N) is 5. The zero-order valence-electron chi connectivity index (χ0n) is 21.2. The Labute approximate surface area is 211 Å². The van der Waals surface area contributed by atoms with Crippen molar-refractivity contribution in [2.24, 2.45) is 5.73 Å². The first-order valence-corrected chi connectivity index (χ1v) is 12.0. The number of ether oxygens (including phenoxy) is 4. The Hall–Kier alpha value is -3.79. The molecule has 10 nitrogen and oxygen atoms in total. The number of nitrogens with two attached hydrogens (primary N) is 1. The van der Waals surface area contributed by atoms with Gasteiger partial charge in [0.05, 0.1) is 35.0 Å². The topological polar surface area (TPSA) is 108 Å². The van der Waals surface area contributed by atoms with E-state index in [2.05, 4.69) is 31.9 Å². The maximum absolute atomic E-state index is 5.99. The largest absolute Gasteiger partial charge is 0.493 e. The fraction of sp³-hybridized carbons (Fsp3) is 0.423. The van der Waals surface area contributed by atoms with Gasteiger partial charge in [0.1, 0.15) is 5.82 Å². The molecule has 10 heteroatoms. The van der Waals surface area contributed by atoms with E-state index in [1.807, 2.05) is 12.1 Å². The molecule has 0 fully saturated rings. The summed E-state index contributed by atoms with van der Waals surface area (Å²) in [5.41, 5.74) is 10.8. The van der Waals surface area contributed by atoms with Crippen molar-refractivity contribution < 1.29 is 18.9 Å². The van der Waals surface area contributed by atoms with Crippen molar-refractivity contribution in [2.45, 2.75) is 32.5 Å². The van der Waals surface area contributed by atoms with Gasteiger partial charge < -0.3 is 34.5 Å². The molecular formula is C26H32N6O4. The van der Waals surface area contributed by atoms with Crippen molar-refractivity contribution in [1.29, 1.82) is 0 Å². The Morgan fingerprint density at radius 3 is 1.39 bits per heavy atom. The Bertz CT molecular complexity index is 1180. The molecule has 2 aliphatic rings. The molecule has 0 radical (unpaired) electrons. The smallest absolute Gasteiger partial charge is 0.230 e. The van der Waals surface area contributed by atoms with E-state index in [0.717, 1.165) is 48.9 Å². The minimum Gasteiger partial charge on any atom is -0.493 e. The van der Waals surface area contributed by atoms with Crippen LogP contribution in [0.5, 0.6) is 23.0 Å². The molecule has 0 bridgehead atoms. The van der Waals surface area contributed by atoms with Gasteiger partial charge in [0, 0.05) is 26.2 Å². The summed E-state index contributed by atoms with van der Waals surface area (Å²) < 4.78 is 22.0. The van der Waals surface area contributed by atoms with Crippen molar-refractivity contribution >= 4 is 11.9 Å². The molecule has 2 aliphatic heterocycles. The van der Waals surface area contributed by atoms with Crippen molar-refractivity contribution in [3.8, 4) is 23.0 Å². The summed E-state index contributed by atoms with van der Waals surface area (Å²) in [7, 11) is 6.62. The fourth-order valence-corrected chi connectivity index (χ4v) is 4.88. The first-order valence-electron chi connectivity index (χ1n) is 12.0. The summed E-state index contributed by atoms with van der Waals surface area (Å²) in [6, 6.07) is 8.19. The zero-order chi connectivity index (χ0) is 25.2. The van der Waals surface area contributed by atoms with Gasteiger partial charge in [-0.3, -0.25) is 0 Å². The molecule has 0 spiro atoms. The Balaban J connectivity index is 1.43. The summed E-state index contributed by atoms with van der Waals surface area (Å²) in [5.74, 6) is 4.78. The number of anilines is 2. The normalized spacial score (nSPS) is 14.7. The average molecular weight is 493 g/mol. The van der Waals surface area contributed by atoms with E-state index < -0.39 is 0 Å². The second kappa shape index (κ2) is 10.1. The number of benzene rings is 2. The second-order valence-corrected chi connectivity index (χ2v) is 8.85. The highest BCUT2D eigenvalue weighted by Crippen LogP contribution is 2.36. The standard InChI is InChI=1S/C26H32N6O4/c1-33-20-9-16-5-7-31(14-18(16)11-22(20)35-3)25-28-24(13-27)29-26(30-25)32-8-6-17-10-21(34-2)23(36-4)12-19(17)15-32/h9-12H,5-8,13-15,27H2,1-4H3. The van der Waals surface area contributed by atoms with Gasteiger partial charge in [-0.05, 0) is 59.4 Å². The van der Waals surface area contributed by atoms with Crippen LogP contribution < -0.4 is 34.5 Å². The second-order valence-electron chi connectivity index (χ2n) is 8.85. The lowest BCUT2D eigenvalue weighted by Crippen LogP contribution is -2.35. The molecule has 3 aromatic rings. The third kappa shape index (κ3) is 4.44. The van der Waals surface area contributed by atoms with Gasteiger partial charge in [-0.15, -0.1) is 0 Å². The van der Waals surface area contributed by atoms with E-state index in [9.17, 15) is 0 Å². The van der Waals surface area contributed by atoms with Crippen LogP contribution >= 0.6 is 0 Å². The van der Waals surface area contributed by atoms with Crippen LogP contribution in [0.15, 0.2) is 24.3 Å². The Morgan fingerprint density at radius 2 is 1.03 bits per heavy atom. The highest BCUT2D eigenvalue weighted by molar-refractivity contribution is 5.53. The third-order valence-corrected chi connectivity index (χ3v) is 6.84. The first-order chi connectivity index (χ1) is 17.6. The highest BCUT2D eigenvalue weighted by atomic mass is 16.5. The summed E-state index contributed by atoms with van der Waals surface area (Å²) in [6.45, 7) is 3.16. The molecule has 2 N–H and O–H groups in total. The molecule has 0 saturated heterocycles. The maximum Gasteiger partial charge on any atom is 0.230 e. The van der Waals surface area contributed by atoms with Crippen molar-refractivity contribution in [1.82, 2.24) is 15.0 Å². The van der Waals surface area contributed by atoms with Crippen LogP contribution in [-0.2, 0) is 32.5 Å². The van der Waals surface area contributed by atoms with E-state index >= 15 is 0 Å². The minimum absolute atomic E-state index is 0.243. The van der Waals surface area contributed by atoms with Crippen LogP contribution in [0.1, 0.15) is 28.1 Å². The van der Waals surface area contributed by atoms with Crippen LogP contribution in [0.25, 0.3) is 0 Å². The van der Waals surface area contributed by atoms with Crippen molar-refractivity contribution in [3.05, 3.63) is 52.3 Å².